The molecule has 3 nitrogen and oxygen atoms in total. The summed E-state index contributed by atoms with van der Waals surface area (Å²) in [6.07, 6.45) is 1.77. The van der Waals surface area contributed by atoms with Crippen molar-refractivity contribution in [2.45, 2.75) is 18.4 Å². The second-order valence-electron chi connectivity index (χ2n) is 3.88. The van der Waals surface area contributed by atoms with Crippen molar-refractivity contribution in [2.24, 2.45) is 0 Å². The number of rotatable bonds is 3. The van der Waals surface area contributed by atoms with E-state index in [1.54, 1.807) is 14.2 Å². The van der Waals surface area contributed by atoms with E-state index in [1.165, 1.54) is 5.56 Å². The van der Waals surface area contributed by atoms with Crippen molar-refractivity contribution in [3.8, 4) is 5.75 Å². The molecule has 3 heteroatoms. The molecule has 1 N–H and O–H groups in total. The molecular weight excluding hydrogens is 192 g/mol. The molecule has 1 aromatic rings. The van der Waals surface area contributed by atoms with Gasteiger partial charge in [0.05, 0.1) is 13.7 Å². The number of methoxy groups -OCH3 is 2. The number of benzene rings is 1. The number of aliphatic hydroxyl groups is 1. The Kier molecular flexibility index (Phi) is 2.67. The summed E-state index contributed by atoms with van der Waals surface area (Å²) in [7, 11) is 3.31. The highest BCUT2D eigenvalue weighted by molar-refractivity contribution is 5.42. The largest absolute Gasteiger partial charge is 0.497 e. The number of hydrogen-bond acceptors (Lipinski definition) is 3. The van der Waals surface area contributed by atoms with E-state index in [0.29, 0.717) is 0 Å². The van der Waals surface area contributed by atoms with E-state index in [0.717, 1.165) is 24.2 Å². The Balaban J connectivity index is 2.43. The first-order valence-corrected chi connectivity index (χ1v) is 5.09. The SMILES string of the molecule is COc1ccc2c(c1)CCC2(CO)OC. The zero-order valence-corrected chi connectivity index (χ0v) is 9.12. The molecule has 1 aromatic carbocycles. The molecule has 1 unspecified atom stereocenters. The Labute approximate surface area is 89.6 Å². The predicted molar refractivity (Wildman–Crippen MR) is 57.1 cm³/mol. The molecule has 0 fully saturated rings. The van der Waals surface area contributed by atoms with Crippen LogP contribution < -0.4 is 4.74 Å². The van der Waals surface area contributed by atoms with Crippen molar-refractivity contribution in [3.63, 3.8) is 0 Å². The normalized spacial score (nSPS) is 23.9. The molecule has 0 aromatic heterocycles. The molecule has 1 aliphatic carbocycles. The maximum atomic E-state index is 9.43. The monoisotopic (exact) mass is 208 g/mol. The third kappa shape index (κ3) is 1.52. The molecule has 0 heterocycles. The first-order valence-electron chi connectivity index (χ1n) is 5.09. The van der Waals surface area contributed by atoms with E-state index >= 15 is 0 Å². The Hall–Kier alpha value is -1.06. The number of aliphatic hydroxyl groups excluding tert-OH is 1. The smallest absolute Gasteiger partial charge is 0.119 e. The predicted octanol–water partition coefficient (Wildman–Crippen LogP) is 1.48. The fraction of sp³-hybridized carbons (Fsp3) is 0.500. The second-order valence-corrected chi connectivity index (χ2v) is 3.88. The van der Waals surface area contributed by atoms with Gasteiger partial charge in [0.1, 0.15) is 11.4 Å². The zero-order valence-electron chi connectivity index (χ0n) is 9.12. The van der Waals surface area contributed by atoms with E-state index < -0.39 is 5.60 Å². The zero-order chi connectivity index (χ0) is 10.9. The number of ether oxygens (including phenoxy) is 2. The summed E-state index contributed by atoms with van der Waals surface area (Å²) >= 11 is 0. The van der Waals surface area contributed by atoms with Gasteiger partial charge < -0.3 is 14.6 Å². The fourth-order valence-electron chi connectivity index (χ4n) is 2.26. The average molecular weight is 208 g/mol. The van der Waals surface area contributed by atoms with Gasteiger partial charge >= 0.3 is 0 Å². The lowest BCUT2D eigenvalue weighted by atomic mass is 9.97. The van der Waals surface area contributed by atoms with Gasteiger partial charge in [0.25, 0.3) is 0 Å². The molecule has 0 spiro atoms. The van der Waals surface area contributed by atoms with Crippen LogP contribution in [-0.4, -0.2) is 25.9 Å². The lowest BCUT2D eigenvalue weighted by Gasteiger charge is -2.26. The van der Waals surface area contributed by atoms with Gasteiger partial charge in [-0.3, -0.25) is 0 Å². The molecule has 0 amide bonds. The molecule has 1 atom stereocenters. The van der Waals surface area contributed by atoms with E-state index in [1.807, 2.05) is 18.2 Å². The van der Waals surface area contributed by atoms with Crippen LogP contribution in [0.3, 0.4) is 0 Å². The van der Waals surface area contributed by atoms with Crippen molar-refractivity contribution in [2.75, 3.05) is 20.8 Å². The quantitative estimate of drug-likeness (QED) is 0.817. The molecular formula is C12H16O3. The summed E-state index contributed by atoms with van der Waals surface area (Å²) < 4.78 is 10.6. The van der Waals surface area contributed by atoms with Crippen LogP contribution in [0, 0.1) is 0 Å². The Morgan fingerprint density at radius 1 is 1.40 bits per heavy atom. The van der Waals surface area contributed by atoms with Gasteiger partial charge in [0, 0.05) is 7.11 Å². The molecule has 0 saturated heterocycles. The van der Waals surface area contributed by atoms with Gasteiger partial charge in [0.15, 0.2) is 0 Å². The average Bonchev–Trinajstić information content (AvgIpc) is 2.67. The standard InChI is InChI=1S/C12H16O3/c1-14-10-3-4-11-9(7-10)5-6-12(11,8-13)15-2/h3-4,7,13H,5-6,8H2,1-2H3. The summed E-state index contributed by atoms with van der Waals surface area (Å²) in [5, 5.41) is 9.43. The molecule has 0 radical (unpaired) electrons. The van der Waals surface area contributed by atoms with Crippen LogP contribution in [0.25, 0.3) is 0 Å². The minimum Gasteiger partial charge on any atom is -0.497 e. The third-order valence-electron chi connectivity index (χ3n) is 3.25. The van der Waals surface area contributed by atoms with Crippen LogP contribution in [0.1, 0.15) is 17.5 Å². The third-order valence-corrected chi connectivity index (χ3v) is 3.25. The molecule has 82 valence electrons. The van der Waals surface area contributed by atoms with Crippen LogP contribution in [-0.2, 0) is 16.8 Å². The Morgan fingerprint density at radius 2 is 2.20 bits per heavy atom. The highest BCUT2D eigenvalue weighted by Gasteiger charge is 2.38. The molecule has 0 bridgehead atoms. The van der Waals surface area contributed by atoms with E-state index in [9.17, 15) is 5.11 Å². The number of fused-ring (bicyclic) bond motifs is 1. The summed E-state index contributed by atoms with van der Waals surface area (Å²) in [5.74, 6) is 0.860. The first kappa shape index (κ1) is 10.5. The molecule has 1 aliphatic rings. The van der Waals surface area contributed by atoms with Crippen molar-refractivity contribution < 1.29 is 14.6 Å². The highest BCUT2D eigenvalue weighted by atomic mass is 16.5. The van der Waals surface area contributed by atoms with Gasteiger partial charge in [-0.25, -0.2) is 0 Å². The van der Waals surface area contributed by atoms with E-state index in [4.69, 9.17) is 9.47 Å². The summed E-state index contributed by atoms with van der Waals surface area (Å²) in [5.41, 5.74) is 1.81. The fourth-order valence-corrected chi connectivity index (χ4v) is 2.26. The Morgan fingerprint density at radius 3 is 2.80 bits per heavy atom. The van der Waals surface area contributed by atoms with Crippen molar-refractivity contribution >= 4 is 0 Å². The molecule has 0 aliphatic heterocycles. The summed E-state index contributed by atoms with van der Waals surface area (Å²) in [4.78, 5) is 0. The number of hydrogen-bond donors (Lipinski definition) is 1. The van der Waals surface area contributed by atoms with Crippen LogP contribution in [0.4, 0.5) is 0 Å². The van der Waals surface area contributed by atoms with Crippen LogP contribution in [0.15, 0.2) is 18.2 Å². The lowest BCUT2D eigenvalue weighted by molar-refractivity contribution is -0.0554. The molecule has 0 saturated carbocycles. The molecule has 2 rings (SSSR count). The van der Waals surface area contributed by atoms with Crippen molar-refractivity contribution in [3.05, 3.63) is 29.3 Å². The van der Waals surface area contributed by atoms with E-state index in [-0.39, 0.29) is 6.61 Å². The van der Waals surface area contributed by atoms with Gasteiger partial charge in [-0.1, -0.05) is 6.07 Å². The van der Waals surface area contributed by atoms with Gasteiger partial charge in [-0.2, -0.15) is 0 Å². The maximum absolute atomic E-state index is 9.43. The summed E-state index contributed by atoms with van der Waals surface area (Å²) in [6.45, 7) is 0.0306. The molecule has 15 heavy (non-hydrogen) atoms. The topological polar surface area (TPSA) is 38.7 Å². The minimum absolute atomic E-state index is 0.0306. The van der Waals surface area contributed by atoms with Gasteiger partial charge in [0.2, 0.25) is 0 Å². The Bertz CT molecular complexity index is 356. The summed E-state index contributed by atoms with van der Waals surface area (Å²) in [6, 6.07) is 5.92. The van der Waals surface area contributed by atoms with Crippen LogP contribution >= 0.6 is 0 Å². The lowest BCUT2D eigenvalue weighted by Crippen LogP contribution is -2.29. The first-order chi connectivity index (χ1) is 7.25. The minimum atomic E-state index is -0.498. The van der Waals surface area contributed by atoms with Crippen molar-refractivity contribution in [1.82, 2.24) is 0 Å². The maximum Gasteiger partial charge on any atom is 0.119 e. The highest BCUT2D eigenvalue weighted by Crippen LogP contribution is 2.40. The second kappa shape index (κ2) is 3.83. The van der Waals surface area contributed by atoms with Crippen LogP contribution in [0.2, 0.25) is 0 Å². The van der Waals surface area contributed by atoms with Gasteiger partial charge in [-0.05, 0) is 36.1 Å². The number of aryl methyl sites for hydroxylation is 1. The van der Waals surface area contributed by atoms with E-state index in [2.05, 4.69) is 0 Å². The van der Waals surface area contributed by atoms with Crippen LogP contribution in [0.5, 0.6) is 5.75 Å². The van der Waals surface area contributed by atoms with Gasteiger partial charge in [-0.15, -0.1) is 0 Å². The van der Waals surface area contributed by atoms with Crippen molar-refractivity contribution in [1.29, 1.82) is 0 Å².